The summed E-state index contributed by atoms with van der Waals surface area (Å²) >= 11 is 2.34. The number of hydrogen-bond donors (Lipinski definition) is 0. The van der Waals surface area contributed by atoms with Crippen molar-refractivity contribution in [2.75, 3.05) is 24.6 Å². The lowest BCUT2D eigenvalue weighted by molar-refractivity contribution is 0.896. The molecule has 2 atom stereocenters. The zero-order valence-electron chi connectivity index (χ0n) is 8.22. The van der Waals surface area contributed by atoms with E-state index >= 15 is 0 Å². The molecule has 2 unspecified atom stereocenters. The van der Waals surface area contributed by atoms with Gasteiger partial charge in [0.1, 0.15) is 13.1 Å². The molecular formula is C6H10N4O4S2. The number of rotatable bonds is 11. The van der Waals surface area contributed by atoms with Crippen molar-refractivity contribution in [3.8, 4) is 0 Å². The Morgan fingerprint density at radius 1 is 0.750 bits per heavy atom. The summed E-state index contributed by atoms with van der Waals surface area (Å²) in [5, 5.41) is 9.17. The maximum atomic E-state index is 10.2. The fourth-order valence-electron chi connectivity index (χ4n) is 0.729. The molecular weight excluding hydrogens is 256 g/mol. The third-order valence-corrected chi connectivity index (χ3v) is 3.78. The second-order valence-corrected chi connectivity index (χ2v) is 5.06. The molecule has 16 heavy (non-hydrogen) atoms. The van der Waals surface area contributed by atoms with Gasteiger partial charge in [0.2, 0.25) is 0 Å². The van der Waals surface area contributed by atoms with Gasteiger partial charge < -0.3 is 0 Å². The minimum absolute atomic E-state index is 0.163. The molecule has 8 nitrogen and oxygen atoms in total. The molecule has 10 heteroatoms. The number of thioether (sulfide) groups is 2. The van der Waals surface area contributed by atoms with Crippen molar-refractivity contribution in [1.82, 2.24) is 0 Å². The van der Waals surface area contributed by atoms with Crippen LogP contribution < -0.4 is 0 Å². The Morgan fingerprint density at radius 2 is 1.12 bits per heavy atom. The largest absolute Gasteiger partial charge is 0.160 e. The lowest BCUT2D eigenvalue weighted by Gasteiger charge is -2.06. The standard InChI is InChI=1S/C6H10N4O4S2/c11-7-3-5(9-13)15-1-2-16-6(10-14)4-8-12/h5-6H,1-4H2. The molecule has 0 aliphatic heterocycles. The van der Waals surface area contributed by atoms with Gasteiger partial charge in [-0.25, -0.2) is 0 Å². The third kappa shape index (κ3) is 7.40. The topological polar surface area (TPSA) is 118 Å². The Hall–Kier alpha value is -0.900. The molecule has 0 aliphatic carbocycles. The van der Waals surface area contributed by atoms with Gasteiger partial charge in [-0.15, -0.1) is 33.3 Å². The van der Waals surface area contributed by atoms with E-state index in [0.717, 1.165) is 0 Å². The first-order valence-corrected chi connectivity index (χ1v) is 6.34. The molecule has 0 radical (unpaired) electrons. The quantitative estimate of drug-likeness (QED) is 0.417. The van der Waals surface area contributed by atoms with Crippen LogP contribution in [0.15, 0.2) is 20.7 Å². The van der Waals surface area contributed by atoms with Gasteiger partial charge >= 0.3 is 0 Å². The van der Waals surface area contributed by atoms with E-state index in [9.17, 15) is 19.6 Å². The maximum absolute atomic E-state index is 10.2. The zero-order valence-corrected chi connectivity index (χ0v) is 9.85. The molecule has 0 saturated heterocycles. The van der Waals surface area contributed by atoms with E-state index in [1.54, 1.807) is 0 Å². The van der Waals surface area contributed by atoms with Gasteiger partial charge in [-0.2, -0.15) is 9.81 Å². The summed E-state index contributed by atoms with van der Waals surface area (Å²) in [6.07, 6.45) is 0. The molecule has 0 aromatic carbocycles. The average Bonchev–Trinajstić information content (AvgIpc) is 2.31. The molecule has 0 N–H and O–H groups in total. The Bertz CT molecular complexity index is 219. The van der Waals surface area contributed by atoms with Gasteiger partial charge in [-0.3, -0.25) is 0 Å². The van der Waals surface area contributed by atoms with Crippen molar-refractivity contribution in [3.05, 3.63) is 19.6 Å². The van der Waals surface area contributed by atoms with Crippen molar-refractivity contribution >= 4 is 23.5 Å². The van der Waals surface area contributed by atoms with E-state index in [0.29, 0.717) is 11.5 Å². The molecule has 0 saturated carbocycles. The van der Waals surface area contributed by atoms with E-state index in [1.165, 1.54) is 23.5 Å². The first kappa shape index (κ1) is 15.1. The predicted molar refractivity (Wildman–Crippen MR) is 65.4 cm³/mol. The van der Waals surface area contributed by atoms with Crippen LogP contribution in [0.4, 0.5) is 0 Å². The number of nitrogens with zero attached hydrogens (tertiary/aromatic N) is 4. The van der Waals surface area contributed by atoms with Crippen LogP contribution in [0.1, 0.15) is 0 Å². The molecule has 0 fully saturated rings. The highest BCUT2D eigenvalue weighted by Gasteiger charge is 2.12. The summed E-state index contributed by atoms with van der Waals surface area (Å²) in [7, 11) is 0. The van der Waals surface area contributed by atoms with E-state index in [1.807, 2.05) is 0 Å². The van der Waals surface area contributed by atoms with Crippen LogP contribution in [0.3, 0.4) is 0 Å². The Labute approximate surface area is 99.6 Å². The molecule has 0 amide bonds. The van der Waals surface area contributed by atoms with Crippen LogP contribution in [-0.2, 0) is 0 Å². The van der Waals surface area contributed by atoms with Crippen molar-refractivity contribution in [3.63, 3.8) is 0 Å². The first-order chi connectivity index (χ1) is 7.78. The second-order valence-electron chi connectivity index (χ2n) is 2.49. The second kappa shape index (κ2) is 10.6. The maximum Gasteiger partial charge on any atom is 0.160 e. The molecule has 0 heterocycles. The molecule has 0 aromatic heterocycles. The van der Waals surface area contributed by atoms with Crippen LogP contribution in [0.25, 0.3) is 0 Å². The lowest BCUT2D eigenvalue weighted by atomic mass is 10.7. The summed E-state index contributed by atoms with van der Waals surface area (Å²) in [6, 6.07) is 0. The summed E-state index contributed by atoms with van der Waals surface area (Å²) in [5.41, 5.74) is 0. The molecule has 90 valence electrons. The normalized spacial score (nSPS) is 13.8. The van der Waals surface area contributed by atoms with E-state index in [2.05, 4.69) is 20.7 Å². The number of hydrogen-bond acceptors (Lipinski definition) is 10. The molecule has 0 aromatic rings. The number of nitroso groups, excluding NO2 is 4. The highest BCUT2D eigenvalue weighted by atomic mass is 32.2. The van der Waals surface area contributed by atoms with Crippen molar-refractivity contribution in [2.24, 2.45) is 20.7 Å². The van der Waals surface area contributed by atoms with E-state index in [4.69, 9.17) is 0 Å². The Morgan fingerprint density at radius 3 is 1.38 bits per heavy atom. The summed E-state index contributed by atoms with van der Waals surface area (Å²) in [4.78, 5) is 40.1. The molecule has 0 aliphatic rings. The fourth-order valence-corrected chi connectivity index (χ4v) is 2.50. The van der Waals surface area contributed by atoms with Crippen LogP contribution in [-0.4, -0.2) is 35.3 Å². The van der Waals surface area contributed by atoms with Gasteiger partial charge in [0.15, 0.2) is 10.7 Å². The van der Waals surface area contributed by atoms with Crippen LogP contribution in [0.5, 0.6) is 0 Å². The summed E-state index contributed by atoms with van der Waals surface area (Å²) in [6.45, 7) is -0.325. The highest BCUT2D eigenvalue weighted by Crippen LogP contribution is 2.18. The van der Waals surface area contributed by atoms with Crippen molar-refractivity contribution < 1.29 is 0 Å². The SMILES string of the molecule is O=NCC(N=O)SCCSC(CN=O)N=O. The zero-order chi connectivity index (χ0) is 12.2. The van der Waals surface area contributed by atoms with Crippen LogP contribution >= 0.6 is 23.5 Å². The highest BCUT2D eigenvalue weighted by molar-refractivity contribution is 8.03. The van der Waals surface area contributed by atoms with Crippen molar-refractivity contribution in [1.29, 1.82) is 0 Å². The monoisotopic (exact) mass is 266 g/mol. The Kier molecular flexibility index (Phi) is 10.0. The minimum atomic E-state index is -0.690. The average molecular weight is 266 g/mol. The lowest BCUT2D eigenvalue weighted by Crippen LogP contribution is -2.07. The van der Waals surface area contributed by atoms with Crippen LogP contribution in [0.2, 0.25) is 0 Å². The molecule has 0 bridgehead atoms. The predicted octanol–water partition coefficient (Wildman–Crippen LogP) is 2.17. The van der Waals surface area contributed by atoms with Gasteiger partial charge in [0.25, 0.3) is 0 Å². The first-order valence-electron chi connectivity index (χ1n) is 4.24. The summed E-state index contributed by atoms with van der Waals surface area (Å²) < 4.78 is 0. The third-order valence-electron chi connectivity index (χ3n) is 1.40. The fraction of sp³-hybridized carbons (Fsp3) is 1.00. The van der Waals surface area contributed by atoms with Gasteiger partial charge in [0, 0.05) is 11.5 Å². The van der Waals surface area contributed by atoms with Gasteiger partial charge in [0.05, 0.1) is 0 Å². The Balaban J connectivity index is 3.63. The van der Waals surface area contributed by atoms with E-state index in [-0.39, 0.29) is 13.1 Å². The summed E-state index contributed by atoms with van der Waals surface area (Å²) in [5.74, 6) is 1.03. The smallest absolute Gasteiger partial charge is 0.151 e. The van der Waals surface area contributed by atoms with Crippen LogP contribution in [0, 0.1) is 19.6 Å². The van der Waals surface area contributed by atoms with Crippen molar-refractivity contribution in [2.45, 2.75) is 10.7 Å². The molecule has 0 rings (SSSR count). The van der Waals surface area contributed by atoms with E-state index < -0.39 is 10.7 Å². The van der Waals surface area contributed by atoms with Gasteiger partial charge in [-0.1, -0.05) is 20.7 Å². The molecule has 0 spiro atoms. The van der Waals surface area contributed by atoms with Gasteiger partial charge in [-0.05, 0) is 0 Å². The minimum Gasteiger partial charge on any atom is -0.151 e.